The topological polar surface area (TPSA) is 80.3 Å². The van der Waals surface area contributed by atoms with Crippen LogP contribution in [0.15, 0.2) is 34.1 Å². The summed E-state index contributed by atoms with van der Waals surface area (Å²) in [6.07, 6.45) is 0. The second kappa shape index (κ2) is 13.2. The van der Waals surface area contributed by atoms with Crippen LogP contribution in [-0.4, -0.2) is 17.5 Å². The number of benzene rings is 2. The summed E-state index contributed by atoms with van der Waals surface area (Å²) in [4.78, 5) is 0.862. The van der Waals surface area contributed by atoms with Crippen LogP contribution in [-0.2, 0) is 22.2 Å². The van der Waals surface area contributed by atoms with Gasteiger partial charge in [-0.1, -0.05) is 35.4 Å². The zero-order valence-electron chi connectivity index (χ0n) is 16.8. The number of hydrogen-bond acceptors (Lipinski definition) is 4. The standard InChI is InChI=1S/2C9H12O2S.K.Li/c2*1-6-4-7(2)9(12(10)11)8(3)5-6;;/h2*4-5H,1-3H3,(H,10,11);;/q;;2*+1/p-2. The summed E-state index contributed by atoms with van der Waals surface area (Å²) in [6, 6.07) is 7.49. The van der Waals surface area contributed by atoms with Gasteiger partial charge in [0.2, 0.25) is 0 Å². The Bertz CT molecular complexity index is 696. The van der Waals surface area contributed by atoms with Crippen molar-refractivity contribution in [1.29, 1.82) is 0 Å². The van der Waals surface area contributed by atoms with Crippen molar-refractivity contribution in [3.05, 3.63) is 57.6 Å². The molecule has 0 aromatic heterocycles. The van der Waals surface area contributed by atoms with Gasteiger partial charge in [0.1, 0.15) is 0 Å². The minimum Gasteiger partial charge on any atom is -0.768 e. The van der Waals surface area contributed by atoms with Crippen LogP contribution in [0.3, 0.4) is 0 Å². The fourth-order valence-electron chi connectivity index (χ4n) is 2.86. The first-order chi connectivity index (χ1) is 11.0. The third-order valence-corrected chi connectivity index (χ3v) is 5.50. The molecule has 0 radical (unpaired) electrons. The van der Waals surface area contributed by atoms with Crippen molar-refractivity contribution in [2.45, 2.75) is 51.3 Å². The maximum Gasteiger partial charge on any atom is 1.00 e. The first kappa shape index (κ1) is 29.1. The first-order valence-electron chi connectivity index (χ1n) is 7.38. The molecule has 2 rings (SSSR count). The second-order valence-electron chi connectivity index (χ2n) is 5.93. The van der Waals surface area contributed by atoms with Gasteiger partial charge < -0.3 is 9.11 Å². The molecule has 0 aliphatic carbocycles. The van der Waals surface area contributed by atoms with E-state index in [-0.39, 0.29) is 70.2 Å². The summed E-state index contributed by atoms with van der Waals surface area (Å²) >= 11 is -4.22. The number of aryl methyl sites for hydroxylation is 6. The van der Waals surface area contributed by atoms with Crippen molar-refractivity contribution < 1.29 is 87.8 Å². The van der Waals surface area contributed by atoms with Crippen LogP contribution in [0, 0.1) is 41.5 Å². The van der Waals surface area contributed by atoms with Crippen LogP contribution in [0.2, 0.25) is 0 Å². The van der Waals surface area contributed by atoms with Gasteiger partial charge in [0.25, 0.3) is 0 Å². The van der Waals surface area contributed by atoms with Gasteiger partial charge in [-0.3, -0.25) is 8.42 Å². The molecule has 2 aromatic carbocycles. The van der Waals surface area contributed by atoms with E-state index in [9.17, 15) is 17.5 Å². The average molecular weight is 413 g/mol. The third-order valence-electron chi connectivity index (χ3n) is 3.54. The normalized spacial score (nSPS) is 12.0. The van der Waals surface area contributed by atoms with E-state index in [4.69, 9.17) is 0 Å². The Morgan fingerprint density at radius 3 is 0.962 bits per heavy atom. The first-order valence-corrected chi connectivity index (χ1v) is 9.53. The van der Waals surface area contributed by atoms with Gasteiger partial charge in [-0.15, -0.1) is 0 Å². The van der Waals surface area contributed by atoms with E-state index in [1.54, 1.807) is 0 Å². The molecule has 0 fully saturated rings. The van der Waals surface area contributed by atoms with Crippen molar-refractivity contribution in [1.82, 2.24) is 0 Å². The SMILES string of the molecule is Cc1cc(C)c(S(=O)[O-])c(C)c1.Cc1cc(C)c(S(=O)[O-])c(C)c1.[K+].[Li+]. The van der Waals surface area contributed by atoms with Gasteiger partial charge in [0.05, 0.1) is 0 Å². The van der Waals surface area contributed by atoms with Crippen molar-refractivity contribution in [3.63, 3.8) is 0 Å². The smallest absolute Gasteiger partial charge is 0.768 e. The molecule has 4 nitrogen and oxygen atoms in total. The van der Waals surface area contributed by atoms with E-state index < -0.39 is 22.2 Å². The Labute approximate surface area is 216 Å². The minimum atomic E-state index is -2.11. The summed E-state index contributed by atoms with van der Waals surface area (Å²) in [5.41, 5.74) is 5.47. The molecule has 0 heterocycles. The predicted octanol–water partition coefficient (Wildman–Crippen LogP) is -2.29. The Hall–Kier alpha value is 0.894. The predicted molar refractivity (Wildman–Crippen MR) is 95.7 cm³/mol. The molecule has 26 heavy (non-hydrogen) atoms. The summed E-state index contributed by atoms with van der Waals surface area (Å²) < 4.78 is 43.0. The summed E-state index contributed by atoms with van der Waals surface area (Å²) in [7, 11) is 0. The Morgan fingerprint density at radius 1 is 0.615 bits per heavy atom. The van der Waals surface area contributed by atoms with E-state index in [0.717, 1.165) is 33.4 Å². The fraction of sp³-hybridized carbons (Fsp3) is 0.333. The Kier molecular flexibility index (Phi) is 14.7. The maximum atomic E-state index is 10.8. The molecule has 0 bridgehead atoms. The van der Waals surface area contributed by atoms with Crippen molar-refractivity contribution in [2.24, 2.45) is 0 Å². The molecular weight excluding hydrogens is 390 g/mol. The molecule has 0 aliphatic rings. The molecule has 0 N–H and O–H groups in total. The molecule has 2 aromatic rings. The summed E-state index contributed by atoms with van der Waals surface area (Å²) in [5, 5.41) is 0. The van der Waals surface area contributed by atoms with Crippen molar-refractivity contribution in [2.75, 3.05) is 0 Å². The molecule has 0 saturated heterocycles. The van der Waals surface area contributed by atoms with Gasteiger partial charge in [-0.05, 0) is 86.0 Å². The fourth-order valence-corrected chi connectivity index (χ4v) is 4.15. The van der Waals surface area contributed by atoms with E-state index in [0.29, 0.717) is 9.79 Å². The van der Waals surface area contributed by atoms with Crippen molar-refractivity contribution >= 4 is 22.2 Å². The van der Waals surface area contributed by atoms with Gasteiger partial charge >= 0.3 is 70.2 Å². The maximum absolute atomic E-state index is 10.8. The van der Waals surface area contributed by atoms with Crippen molar-refractivity contribution in [3.8, 4) is 0 Å². The second-order valence-corrected chi connectivity index (χ2v) is 7.68. The molecule has 2 unspecified atom stereocenters. The number of hydrogen-bond donors (Lipinski definition) is 0. The summed E-state index contributed by atoms with van der Waals surface area (Å²) in [5.74, 6) is 0. The molecule has 0 amide bonds. The molecule has 0 spiro atoms. The zero-order chi connectivity index (χ0) is 18.6. The monoisotopic (exact) mass is 412 g/mol. The quantitative estimate of drug-likeness (QED) is 0.411. The minimum absolute atomic E-state index is 0. The molecule has 132 valence electrons. The van der Waals surface area contributed by atoms with Crippen LogP contribution in [0.5, 0.6) is 0 Å². The van der Waals surface area contributed by atoms with Crippen LogP contribution in [0.4, 0.5) is 0 Å². The molecule has 8 heteroatoms. The van der Waals surface area contributed by atoms with Gasteiger partial charge in [0.15, 0.2) is 0 Å². The van der Waals surface area contributed by atoms with Crippen LogP contribution in [0.25, 0.3) is 0 Å². The van der Waals surface area contributed by atoms with Crippen LogP contribution >= 0.6 is 0 Å². The Balaban J connectivity index is 0. The van der Waals surface area contributed by atoms with E-state index in [2.05, 4.69) is 0 Å². The molecule has 0 aliphatic heterocycles. The summed E-state index contributed by atoms with van der Waals surface area (Å²) in [6.45, 7) is 11.2. The van der Waals surface area contributed by atoms with Gasteiger partial charge in [-0.25, -0.2) is 0 Å². The third kappa shape index (κ3) is 8.50. The van der Waals surface area contributed by atoms with Gasteiger partial charge in [-0.2, -0.15) is 0 Å². The largest absolute Gasteiger partial charge is 1.00 e. The molecular formula is C18H22KLiO4S2. The molecule has 0 saturated carbocycles. The van der Waals surface area contributed by atoms with E-state index >= 15 is 0 Å². The molecule has 2 atom stereocenters. The average Bonchev–Trinajstić information content (AvgIpc) is 2.35. The number of rotatable bonds is 2. The van der Waals surface area contributed by atoms with E-state index in [1.165, 1.54) is 0 Å². The van der Waals surface area contributed by atoms with Crippen LogP contribution < -0.4 is 70.2 Å². The van der Waals surface area contributed by atoms with Gasteiger partial charge in [0, 0.05) is 9.79 Å². The van der Waals surface area contributed by atoms with Crippen LogP contribution in [0.1, 0.15) is 33.4 Å². The van der Waals surface area contributed by atoms with E-state index in [1.807, 2.05) is 65.8 Å². The zero-order valence-corrected chi connectivity index (χ0v) is 21.5. The Morgan fingerprint density at radius 2 is 0.808 bits per heavy atom.